The van der Waals surface area contributed by atoms with Gasteiger partial charge in [0, 0.05) is 39.6 Å². The summed E-state index contributed by atoms with van der Waals surface area (Å²) in [4.78, 5) is 37.4. The van der Waals surface area contributed by atoms with Crippen molar-refractivity contribution in [1.29, 1.82) is 0 Å². The van der Waals surface area contributed by atoms with E-state index in [-0.39, 0.29) is 37.3 Å². The molecule has 6 nitrogen and oxygen atoms in total. The molecule has 1 aliphatic carbocycles. The van der Waals surface area contributed by atoms with E-state index in [0.29, 0.717) is 25.7 Å². The minimum atomic E-state index is -1.04. The lowest BCUT2D eigenvalue weighted by molar-refractivity contribution is -0.135. The number of aromatic nitrogens is 1. The van der Waals surface area contributed by atoms with E-state index in [1.54, 1.807) is 19.0 Å². The summed E-state index contributed by atoms with van der Waals surface area (Å²) in [5, 5.41) is 2.59. The molecule has 1 N–H and O–H groups in total. The van der Waals surface area contributed by atoms with Gasteiger partial charge in [-0.3, -0.25) is 14.4 Å². The van der Waals surface area contributed by atoms with Gasteiger partial charge in [-0.05, 0) is 25.7 Å². The van der Waals surface area contributed by atoms with Gasteiger partial charge in [0.25, 0.3) is 5.56 Å². The predicted octanol–water partition coefficient (Wildman–Crippen LogP) is 2.04. The molecule has 0 radical (unpaired) electrons. The molecule has 1 saturated carbocycles. The number of hydrogen-bond donors (Lipinski definition) is 1. The molecule has 1 aliphatic rings. The number of alkyl halides is 1. The van der Waals surface area contributed by atoms with Crippen LogP contribution in [0.2, 0.25) is 0 Å². The molecule has 8 heteroatoms. The van der Waals surface area contributed by atoms with Gasteiger partial charge < -0.3 is 14.8 Å². The molecule has 1 heterocycles. The molecule has 0 spiro atoms. The van der Waals surface area contributed by atoms with E-state index < -0.39 is 18.1 Å². The molecule has 1 aromatic rings. The number of amides is 2. The number of anilines is 1. The van der Waals surface area contributed by atoms with Crippen molar-refractivity contribution in [1.82, 2.24) is 9.47 Å². The van der Waals surface area contributed by atoms with Gasteiger partial charge in [0.05, 0.1) is 12.2 Å². The summed E-state index contributed by atoms with van der Waals surface area (Å²) in [6.07, 6.45) is 3.64. The van der Waals surface area contributed by atoms with E-state index in [0.717, 1.165) is 10.6 Å². The van der Waals surface area contributed by atoms with Crippen LogP contribution in [0.25, 0.3) is 0 Å². The standard InChI is InChI=1S/C17H23F2N3O3.H2/c1-21(2)16(24)12-5-3-11(4-6-12)15(23)20-13-9-14(19)17(25)22(10-13)8-7-18;/h9-12H,3-8H2,1-2H3,(H,20,23);1H. The maximum absolute atomic E-state index is 13.6. The van der Waals surface area contributed by atoms with Gasteiger partial charge in [-0.1, -0.05) is 0 Å². The van der Waals surface area contributed by atoms with Crippen molar-refractivity contribution < 1.29 is 19.8 Å². The Morgan fingerprint density at radius 3 is 2.44 bits per heavy atom. The average molecular weight is 357 g/mol. The zero-order chi connectivity index (χ0) is 18.6. The Morgan fingerprint density at radius 1 is 1.28 bits per heavy atom. The van der Waals surface area contributed by atoms with Crippen LogP contribution in [-0.4, -0.2) is 42.1 Å². The first-order valence-electron chi connectivity index (χ1n) is 8.31. The maximum atomic E-state index is 13.6. The third kappa shape index (κ3) is 4.64. The lowest BCUT2D eigenvalue weighted by Crippen LogP contribution is -2.35. The third-order valence-electron chi connectivity index (χ3n) is 4.52. The quantitative estimate of drug-likeness (QED) is 0.877. The molecule has 2 amide bonds. The summed E-state index contributed by atoms with van der Waals surface area (Å²) in [6, 6.07) is 0.941. The predicted molar refractivity (Wildman–Crippen MR) is 91.5 cm³/mol. The second-order valence-corrected chi connectivity index (χ2v) is 6.53. The van der Waals surface area contributed by atoms with Crippen LogP contribution in [0.5, 0.6) is 0 Å². The number of carbonyl (C=O) groups is 2. The average Bonchev–Trinajstić information content (AvgIpc) is 2.58. The highest BCUT2D eigenvalue weighted by Crippen LogP contribution is 2.30. The summed E-state index contributed by atoms with van der Waals surface area (Å²) in [6.45, 7) is -1.07. The highest BCUT2D eigenvalue weighted by Gasteiger charge is 2.30. The Morgan fingerprint density at radius 2 is 1.88 bits per heavy atom. The van der Waals surface area contributed by atoms with Crippen molar-refractivity contribution in [2.45, 2.75) is 32.2 Å². The van der Waals surface area contributed by atoms with E-state index in [1.165, 1.54) is 6.20 Å². The zero-order valence-corrected chi connectivity index (χ0v) is 14.4. The second-order valence-electron chi connectivity index (χ2n) is 6.53. The summed E-state index contributed by atoms with van der Waals surface area (Å²) >= 11 is 0. The smallest absolute Gasteiger partial charge is 0.286 e. The second kappa shape index (κ2) is 8.22. The minimum absolute atomic E-state index is 0. The summed E-state index contributed by atoms with van der Waals surface area (Å²) < 4.78 is 27.0. The SMILES string of the molecule is CN(C)C(=O)C1CCC(C(=O)Nc2cc(F)c(=O)n(CCF)c2)CC1.[HH]. The summed E-state index contributed by atoms with van der Waals surface area (Å²) in [5.74, 6) is -1.58. The van der Waals surface area contributed by atoms with E-state index in [2.05, 4.69) is 5.32 Å². The number of pyridine rings is 1. The molecule has 0 saturated heterocycles. The molecule has 0 aliphatic heterocycles. The molecule has 0 atom stereocenters. The molecule has 0 aromatic carbocycles. The summed E-state index contributed by atoms with van der Waals surface area (Å²) in [5.41, 5.74) is -0.791. The van der Waals surface area contributed by atoms with Crippen molar-refractivity contribution in [2.75, 3.05) is 26.1 Å². The number of carbonyl (C=O) groups excluding carboxylic acids is 2. The van der Waals surface area contributed by atoms with Crippen LogP contribution in [0.3, 0.4) is 0 Å². The normalized spacial score (nSPS) is 20.2. The largest absolute Gasteiger partial charge is 0.349 e. The lowest BCUT2D eigenvalue weighted by Gasteiger charge is -2.28. The van der Waals surface area contributed by atoms with E-state index in [4.69, 9.17) is 0 Å². The van der Waals surface area contributed by atoms with Gasteiger partial charge in [0.1, 0.15) is 6.67 Å². The number of nitrogens with zero attached hydrogens (tertiary/aromatic N) is 2. The first-order valence-corrected chi connectivity index (χ1v) is 8.31. The number of rotatable bonds is 5. The Hall–Kier alpha value is -2.25. The number of halogens is 2. The molecular weight excluding hydrogens is 332 g/mol. The molecule has 25 heavy (non-hydrogen) atoms. The van der Waals surface area contributed by atoms with E-state index in [9.17, 15) is 23.2 Å². The zero-order valence-electron chi connectivity index (χ0n) is 14.4. The Balaban J connectivity index is 0.00000338. The maximum Gasteiger partial charge on any atom is 0.286 e. The fourth-order valence-electron chi connectivity index (χ4n) is 3.14. The summed E-state index contributed by atoms with van der Waals surface area (Å²) in [7, 11) is 3.42. The van der Waals surface area contributed by atoms with Crippen molar-refractivity contribution in [3.8, 4) is 0 Å². The fraction of sp³-hybridized carbons (Fsp3) is 0.588. The molecule has 0 bridgehead atoms. The first kappa shape index (κ1) is 19.1. The van der Waals surface area contributed by atoms with Crippen molar-refractivity contribution in [3.63, 3.8) is 0 Å². The van der Waals surface area contributed by atoms with Crippen LogP contribution in [0.15, 0.2) is 17.1 Å². The number of nitrogens with one attached hydrogen (secondary N) is 1. The van der Waals surface area contributed by atoms with Crippen LogP contribution in [-0.2, 0) is 16.1 Å². The Labute approximate surface area is 146 Å². The molecule has 1 fully saturated rings. The van der Waals surface area contributed by atoms with Crippen LogP contribution in [0.1, 0.15) is 27.1 Å². The van der Waals surface area contributed by atoms with Crippen molar-refractivity contribution in [2.24, 2.45) is 11.8 Å². The Bertz CT molecular complexity index is 701. The third-order valence-corrected chi connectivity index (χ3v) is 4.52. The van der Waals surface area contributed by atoms with Crippen LogP contribution < -0.4 is 10.9 Å². The van der Waals surface area contributed by atoms with Gasteiger partial charge >= 0.3 is 0 Å². The molecular formula is C17H25F2N3O3. The molecule has 0 unspecified atom stereocenters. The van der Waals surface area contributed by atoms with Gasteiger partial charge in [-0.25, -0.2) is 8.78 Å². The van der Waals surface area contributed by atoms with Crippen LogP contribution in [0, 0.1) is 17.7 Å². The van der Waals surface area contributed by atoms with E-state index in [1.807, 2.05) is 0 Å². The van der Waals surface area contributed by atoms with Crippen molar-refractivity contribution in [3.05, 3.63) is 28.4 Å². The van der Waals surface area contributed by atoms with Crippen LogP contribution >= 0.6 is 0 Å². The first-order chi connectivity index (χ1) is 11.8. The molecule has 1 aromatic heterocycles. The van der Waals surface area contributed by atoms with Crippen molar-refractivity contribution >= 4 is 17.5 Å². The number of hydrogen-bond acceptors (Lipinski definition) is 3. The Kier molecular flexibility index (Phi) is 6.27. The monoisotopic (exact) mass is 357 g/mol. The van der Waals surface area contributed by atoms with Gasteiger partial charge in [-0.2, -0.15) is 0 Å². The van der Waals surface area contributed by atoms with E-state index >= 15 is 0 Å². The topological polar surface area (TPSA) is 71.4 Å². The van der Waals surface area contributed by atoms with Gasteiger partial charge in [-0.15, -0.1) is 0 Å². The highest BCUT2D eigenvalue weighted by atomic mass is 19.1. The number of aryl methyl sites for hydroxylation is 1. The highest BCUT2D eigenvalue weighted by molar-refractivity contribution is 5.92. The molecule has 2 rings (SSSR count). The van der Waals surface area contributed by atoms with Crippen LogP contribution in [0.4, 0.5) is 14.5 Å². The minimum Gasteiger partial charge on any atom is -0.349 e. The fourth-order valence-corrected chi connectivity index (χ4v) is 3.14. The lowest BCUT2D eigenvalue weighted by atomic mass is 9.81. The van der Waals surface area contributed by atoms with Gasteiger partial charge in [0.15, 0.2) is 5.82 Å². The molecule has 140 valence electrons. The van der Waals surface area contributed by atoms with Gasteiger partial charge in [0.2, 0.25) is 11.8 Å².